The molecule has 0 saturated carbocycles. The number of aliphatic carboxylic acids is 1. The fourth-order valence-electron chi connectivity index (χ4n) is 3.44. The number of carboxylic acid groups (broad SMARTS) is 1. The van der Waals surface area contributed by atoms with Gasteiger partial charge < -0.3 is 10.4 Å². The zero-order valence-electron chi connectivity index (χ0n) is 16.2. The highest BCUT2D eigenvalue weighted by molar-refractivity contribution is 7.90. The zero-order chi connectivity index (χ0) is 23.0. The Bertz CT molecular complexity index is 1230. The standard InChI is InChI=1S/C18H17ClN2O2S.C2HF3O2/c1-12-4-2-6-15(19)18(12)24(22,23)21-11-14-8-9-20-10-13-5-3-7-16(21)17(13)14;3-2(4,5)1(6)7/h2-7,11,20H,8-10H2,1H3;(H,6,7). The van der Waals surface area contributed by atoms with Crippen LogP contribution >= 0.6 is 11.6 Å². The summed E-state index contributed by atoms with van der Waals surface area (Å²) in [5.74, 6) is -2.76. The van der Waals surface area contributed by atoms with Crippen molar-refractivity contribution in [1.29, 1.82) is 0 Å². The summed E-state index contributed by atoms with van der Waals surface area (Å²) < 4.78 is 59.7. The van der Waals surface area contributed by atoms with Gasteiger partial charge in [0.1, 0.15) is 4.90 Å². The van der Waals surface area contributed by atoms with E-state index in [1.165, 1.54) is 3.97 Å². The summed E-state index contributed by atoms with van der Waals surface area (Å²) in [6, 6.07) is 11.0. The monoisotopic (exact) mass is 474 g/mol. The molecule has 11 heteroatoms. The van der Waals surface area contributed by atoms with Crippen molar-refractivity contribution >= 4 is 38.5 Å². The van der Waals surface area contributed by atoms with Crippen molar-refractivity contribution in [3.63, 3.8) is 0 Å². The van der Waals surface area contributed by atoms with Gasteiger partial charge in [0.15, 0.2) is 0 Å². The molecule has 0 fully saturated rings. The lowest BCUT2D eigenvalue weighted by Crippen LogP contribution is -2.21. The molecule has 2 aromatic carbocycles. The zero-order valence-corrected chi connectivity index (χ0v) is 17.8. The number of halogens is 4. The maximum atomic E-state index is 13.3. The van der Waals surface area contributed by atoms with Crippen LogP contribution in [0.3, 0.4) is 0 Å². The molecule has 0 saturated heterocycles. The molecule has 31 heavy (non-hydrogen) atoms. The molecule has 6 nitrogen and oxygen atoms in total. The van der Waals surface area contributed by atoms with Gasteiger partial charge in [-0.05, 0) is 48.7 Å². The number of aryl methyl sites for hydroxylation is 1. The number of alkyl halides is 3. The van der Waals surface area contributed by atoms with Crippen molar-refractivity contribution in [2.24, 2.45) is 0 Å². The van der Waals surface area contributed by atoms with Gasteiger partial charge in [-0.15, -0.1) is 0 Å². The third-order valence-corrected chi connectivity index (χ3v) is 7.08. The van der Waals surface area contributed by atoms with Gasteiger partial charge in [-0.1, -0.05) is 35.9 Å². The van der Waals surface area contributed by atoms with Crippen molar-refractivity contribution in [3.05, 3.63) is 64.3 Å². The van der Waals surface area contributed by atoms with Crippen LogP contribution in [0, 0.1) is 6.92 Å². The van der Waals surface area contributed by atoms with Crippen molar-refractivity contribution in [3.8, 4) is 0 Å². The first-order valence-electron chi connectivity index (χ1n) is 9.08. The summed E-state index contributed by atoms with van der Waals surface area (Å²) in [6.45, 7) is 3.35. The van der Waals surface area contributed by atoms with Gasteiger partial charge in [-0.25, -0.2) is 17.2 Å². The van der Waals surface area contributed by atoms with E-state index in [0.717, 1.165) is 36.0 Å². The van der Waals surface area contributed by atoms with Crippen LogP contribution in [-0.4, -0.2) is 36.2 Å². The molecule has 0 atom stereocenters. The van der Waals surface area contributed by atoms with Crippen molar-refractivity contribution in [2.75, 3.05) is 6.54 Å². The molecule has 1 aliphatic rings. The van der Waals surface area contributed by atoms with E-state index in [1.54, 1.807) is 31.3 Å². The first-order valence-corrected chi connectivity index (χ1v) is 10.9. The van der Waals surface area contributed by atoms with E-state index < -0.39 is 22.2 Å². The smallest absolute Gasteiger partial charge is 0.475 e. The Hall–Kier alpha value is -2.56. The molecule has 2 heterocycles. The molecule has 0 bridgehead atoms. The van der Waals surface area contributed by atoms with Gasteiger partial charge in [0.25, 0.3) is 10.0 Å². The van der Waals surface area contributed by atoms with Crippen LogP contribution in [0.25, 0.3) is 10.9 Å². The fraction of sp³-hybridized carbons (Fsp3) is 0.250. The third-order valence-electron chi connectivity index (χ3n) is 4.77. The molecular formula is C20H18ClF3N2O4S. The Morgan fingerprint density at radius 2 is 1.81 bits per heavy atom. The lowest BCUT2D eigenvalue weighted by Gasteiger charge is -2.12. The minimum absolute atomic E-state index is 0.177. The maximum Gasteiger partial charge on any atom is 0.490 e. The second-order valence-electron chi connectivity index (χ2n) is 6.88. The molecule has 2 N–H and O–H groups in total. The largest absolute Gasteiger partial charge is 0.490 e. The number of nitrogens with zero attached hydrogens (tertiary/aromatic N) is 1. The summed E-state index contributed by atoms with van der Waals surface area (Å²) in [5.41, 5.74) is 3.55. The average molecular weight is 475 g/mol. The Kier molecular flexibility index (Phi) is 6.35. The van der Waals surface area contributed by atoms with Crippen molar-refractivity contribution in [1.82, 2.24) is 9.29 Å². The normalized spacial score (nSPS) is 14.0. The summed E-state index contributed by atoms with van der Waals surface area (Å²) in [5, 5.41) is 11.8. The molecule has 166 valence electrons. The summed E-state index contributed by atoms with van der Waals surface area (Å²) >= 11 is 6.22. The number of aromatic nitrogens is 1. The number of benzene rings is 2. The Morgan fingerprint density at radius 1 is 1.16 bits per heavy atom. The number of carboxylic acids is 1. The van der Waals surface area contributed by atoms with Crippen LogP contribution < -0.4 is 5.32 Å². The maximum absolute atomic E-state index is 13.3. The highest BCUT2D eigenvalue weighted by atomic mass is 35.5. The van der Waals surface area contributed by atoms with Crippen molar-refractivity contribution < 1.29 is 31.5 Å². The predicted molar refractivity (Wildman–Crippen MR) is 110 cm³/mol. The molecular weight excluding hydrogens is 457 g/mol. The van der Waals surface area contributed by atoms with E-state index in [2.05, 4.69) is 5.32 Å². The first kappa shape index (κ1) is 23.1. The number of hydrogen-bond donors (Lipinski definition) is 2. The van der Waals surface area contributed by atoms with Gasteiger partial charge in [0.05, 0.1) is 10.5 Å². The SMILES string of the molecule is Cc1cccc(Cl)c1S(=O)(=O)n1cc2c3c(cccc31)CNCC2.O=C(O)C(F)(F)F. The van der Waals surface area contributed by atoms with Crippen LogP contribution in [-0.2, 0) is 27.8 Å². The molecule has 0 amide bonds. The van der Waals surface area contributed by atoms with E-state index in [-0.39, 0.29) is 9.92 Å². The van der Waals surface area contributed by atoms with Crippen molar-refractivity contribution in [2.45, 2.75) is 31.0 Å². The van der Waals surface area contributed by atoms with Gasteiger partial charge in [-0.3, -0.25) is 0 Å². The lowest BCUT2D eigenvalue weighted by atomic mass is 10.1. The summed E-state index contributed by atoms with van der Waals surface area (Å²) in [6.07, 6.45) is -2.53. The van der Waals surface area contributed by atoms with Crippen LogP contribution in [0.15, 0.2) is 47.5 Å². The fourth-order valence-corrected chi connectivity index (χ4v) is 5.62. The van der Waals surface area contributed by atoms with E-state index in [0.29, 0.717) is 11.1 Å². The lowest BCUT2D eigenvalue weighted by molar-refractivity contribution is -0.192. The minimum atomic E-state index is -5.08. The molecule has 0 aliphatic carbocycles. The van der Waals surface area contributed by atoms with E-state index in [1.807, 2.05) is 18.2 Å². The Labute approximate surface area is 181 Å². The average Bonchev–Trinajstić information content (AvgIpc) is 2.92. The number of hydrogen-bond acceptors (Lipinski definition) is 4. The minimum Gasteiger partial charge on any atom is -0.475 e. The third kappa shape index (κ3) is 4.56. The molecule has 0 unspecified atom stereocenters. The summed E-state index contributed by atoms with van der Waals surface area (Å²) in [7, 11) is -3.75. The van der Waals surface area contributed by atoms with E-state index >= 15 is 0 Å². The van der Waals surface area contributed by atoms with Gasteiger partial charge in [0.2, 0.25) is 0 Å². The Morgan fingerprint density at radius 3 is 2.42 bits per heavy atom. The number of rotatable bonds is 2. The van der Waals surface area contributed by atoms with Crippen LogP contribution in [0.4, 0.5) is 13.2 Å². The molecule has 1 aliphatic heterocycles. The number of carbonyl (C=O) groups is 1. The topological polar surface area (TPSA) is 88.4 Å². The van der Waals surface area contributed by atoms with Gasteiger partial charge >= 0.3 is 12.1 Å². The van der Waals surface area contributed by atoms with Crippen LogP contribution in [0.2, 0.25) is 5.02 Å². The predicted octanol–water partition coefficient (Wildman–Crippen LogP) is 4.12. The first-order chi connectivity index (χ1) is 14.4. The highest BCUT2D eigenvalue weighted by Crippen LogP contribution is 2.33. The van der Waals surface area contributed by atoms with Crippen LogP contribution in [0.5, 0.6) is 0 Å². The molecule has 0 spiro atoms. The molecule has 4 rings (SSSR count). The van der Waals surface area contributed by atoms with E-state index in [4.69, 9.17) is 21.5 Å². The second kappa shape index (κ2) is 8.52. The summed E-state index contributed by atoms with van der Waals surface area (Å²) in [4.78, 5) is 9.07. The molecule has 1 aromatic heterocycles. The van der Waals surface area contributed by atoms with Crippen LogP contribution in [0.1, 0.15) is 16.7 Å². The van der Waals surface area contributed by atoms with Gasteiger partial charge in [-0.2, -0.15) is 13.2 Å². The molecule has 0 radical (unpaired) electrons. The number of nitrogens with one attached hydrogen (secondary N) is 1. The Balaban J connectivity index is 0.000000339. The molecule has 3 aromatic rings. The van der Waals surface area contributed by atoms with Gasteiger partial charge in [0, 0.05) is 18.1 Å². The second-order valence-corrected chi connectivity index (χ2v) is 9.04. The quantitative estimate of drug-likeness (QED) is 0.583. The highest BCUT2D eigenvalue weighted by Gasteiger charge is 2.38. The van der Waals surface area contributed by atoms with E-state index in [9.17, 15) is 21.6 Å².